The van der Waals surface area contributed by atoms with E-state index >= 15 is 0 Å². The Morgan fingerprint density at radius 3 is 2.47 bits per heavy atom. The van der Waals surface area contributed by atoms with Crippen LogP contribution in [0.25, 0.3) is 0 Å². The van der Waals surface area contributed by atoms with E-state index in [4.69, 9.17) is 4.43 Å². The summed E-state index contributed by atoms with van der Waals surface area (Å²) in [6, 6.07) is 0. The molecule has 0 N–H and O–H groups in total. The molecule has 0 saturated carbocycles. The molecule has 0 radical (unpaired) electrons. The van der Waals surface area contributed by atoms with E-state index in [-0.39, 0.29) is 0 Å². The van der Waals surface area contributed by atoms with Crippen LogP contribution >= 0.6 is 0 Å². The summed E-state index contributed by atoms with van der Waals surface area (Å²) in [5.74, 6) is 1.98. The molecule has 0 bridgehead atoms. The van der Waals surface area contributed by atoms with Gasteiger partial charge in [0.25, 0.3) is 0 Å². The van der Waals surface area contributed by atoms with E-state index in [2.05, 4.69) is 39.9 Å². The molecule has 0 aliphatic heterocycles. The molecular weight excluding hydrogens is 200 g/mol. The van der Waals surface area contributed by atoms with E-state index in [9.17, 15) is 0 Å². The third-order valence-electron chi connectivity index (χ3n) is 3.07. The van der Waals surface area contributed by atoms with E-state index in [1.807, 2.05) is 0 Å². The molecule has 1 aliphatic rings. The van der Waals surface area contributed by atoms with Crippen LogP contribution in [-0.2, 0) is 4.43 Å². The summed E-state index contributed by atoms with van der Waals surface area (Å²) in [5, 5.41) is 0. The zero-order chi connectivity index (χ0) is 11.5. The van der Waals surface area contributed by atoms with Crippen LogP contribution in [0.4, 0.5) is 0 Å². The van der Waals surface area contributed by atoms with Crippen LogP contribution in [0.2, 0.25) is 13.1 Å². The van der Waals surface area contributed by atoms with Gasteiger partial charge in [-0.2, -0.15) is 0 Å². The Hall–Kier alpha value is -0.243. The number of allylic oxidation sites excluding steroid dienone is 2. The molecule has 0 aromatic carbocycles. The summed E-state index contributed by atoms with van der Waals surface area (Å²) in [4.78, 5) is 0. The Kier molecular flexibility index (Phi) is 4.44. The minimum atomic E-state index is -0.913. The Balaban J connectivity index is 2.71. The fraction of sp³-hybridized carbons (Fsp3) is 0.846. The zero-order valence-electron chi connectivity index (χ0n) is 11.0. The van der Waals surface area contributed by atoms with Gasteiger partial charge < -0.3 is 4.43 Å². The first-order valence-corrected chi connectivity index (χ1v) is 9.05. The molecule has 1 aliphatic carbocycles. The van der Waals surface area contributed by atoms with Crippen molar-refractivity contribution in [1.82, 2.24) is 0 Å². The van der Waals surface area contributed by atoms with E-state index in [1.54, 1.807) is 0 Å². The average molecular weight is 226 g/mol. The van der Waals surface area contributed by atoms with Gasteiger partial charge in [-0.15, -0.1) is 0 Å². The third-order valence-corrected chi connectivity index (χ3v) is 3.85. The Labute approximate surface area is 96.6 Å². The normalized spacial score (nSPS) is 23.6. The topological polar surface area (TPSA) is 9.23 Å². The quantitative estimate of drug-likeness (QED) is 0.644. The molecule has 0 spiro atoms. The number of hydrogen-bond donors (Lipinski definition) is 0. The molecule has 1 unspecified atom stereocenters. The zero-order valence-corrected chi connectivity index (χ0v) is 12.1. The SMILES string of the molecule is C[SiH](C)OC1=CC(C(C)(C)C)CCCC1. The van der Waals surface area contributed by atoms with Crippen molar-refractivity contribution in [3.8, 4) is 0 Å². The molecule has 1 rings (SSSR count). The highest BCUT2D eigenvalue weighted by atomic mass is 28.3. The predicted octanol–water partition coefficient (Wildman–Crippen LogP) is 4.11. The molecule has 0 aromatic rings. The van der Waals surface area contributed by atoms with E-state index < -0.39 is 9.04 Å². The Morgan fingerprint density at radius 1 is 1.27 bits per heavy atom. The van der Waals surface area contributed by atoms with Gasteiger partial charge in [0.2, 0.25) is 9.04 Å². The van der Waals surface area contributed by atoms with Crippen molar-refractivity contribution in [3.63, 3.8) is 0 Å². The fourth-order valence-corrected chi connectivity index (χ4v) is 2.94. The molecule has 88 valence electrons. The van der Waals surface area contributed by atoms with Gasteiger partial charge in [-0.3, -0.25) is 0 Å². The Bertz CT molecular complexity index is 225. The van der Waals surface area contributed by atoms with Crippen molar-refractivity contribution in [2.75, 3.05) is 0 Å². The van der Waals surface area contributed by atoms with Crippen LogP contribution in [0, 0.1) is 11.3 Å². The molecule has 0 aromatic heterocycles. The average Bonchev–Trinajstić information content (AvgIpc) is 2.27. The highest BCUT2D eigenvalue weighted by Gasteiger charge is 2.24. The highest BCUT2D eigenvalue weighted by Crippen LogP contribution is 2.35. The van der Waals surface area contributed by atoms with Gasteiger partial charge in [-0.05, 0) is 43.3 Å². The monoisotopic (exact) mass is 226 g/mol. The van der Waals surface area contributed by atoms with Crippen LogP contribution in [-0.4, -0.2) is 9.04 Å². The van der Waals surface area contributed by atoms with Gasteiger partial charge in [0.1, 0.15) is 0 Å². The molecule has 2 heteroatoms. The summed E-state index contributed by atoms with van der Waals surface area (Å²) in [5.41, 5.74) is 0.386. The van der Waals surface area contributed by atoms with Crippen molar-refractivity contribution in [2.45, 2.75) is 59.5 Å². The standard InChI is InChI=1S/C13H26OSi/c1-13(2,3)11-8-6-7-9-12(10-11)14-15(4)5/h10-11,15H,6-9H2,1-5H3. The minimum absolute atomic E-state index is 0.386. The van der Waals surface area contributed by atoms with Gasteiger partial charge >= 0.3 is 0 Å². The number of rotatable bonds is 2. The second-order valence-corrected chi connectivity index (χ2v) is 8.35. The van der Waals surface area contributed by atoms with E-state index in [0.717, 1.165) is 6.42 Å². The van der Waals surface area contributed by atoms with Gasteiger partial charge in [0, 0.05) is 6.42 Å². The van der Waals surface area contributed by atoms with Gasteiger partial charge in [0.05, 0.1) is 5.76 Å². The highest BCUT2D eigenvalue weighted by molar-refractivity contribution is 6.48. The largest absolute Gasteiger partial charge is 0.550 e. The first-order chi connectivity index (χ1) is 6.89. The van der Waals surface area contributed by atoms with Crippen molar-refractivity contribution < 1.29 is 4.43 Å². The van der Waals surface area contributed by atoms with Crippen LogP contribution in [0.5, 0.6) is 0 Å². The van der Waals surface area contributed by atoms with Crippen LogP contribution in [0.15, 0.2) is 11.8 Å². The maximum atomic E-state index is 6.00. The predicted molar refractivity (Wildman–Crippen MR) is 69.5 cm³/mol. The molecule has 0 fully saturated rings. The van der Waals surface area contributed by atoms with E-state index in [1.165, 1.54) is 25.0 Å². The number of hydrogen-bond acceptors (Lipinski definition) is 1. The van der Waals surface area contributed by atoms with Crippen LogP contribution in [0.3, 0.4) is 0 Å². The van der Waals surface area contributed by atoms with Gasteiger partial charge in [0.15, 0.2) is 0 Å². The summed E-state index contributed by atoms with van der Waals surface area (Å²) < 4.78 is 6.00. The lowest BCUT2D eigenvalue weighted by Crippen LogP contribution is -2.18. The van der Waals surface area contributed by atoms with Crippen molar-refractivity contribution in [3.05, 3.63) is 11.8 Å². The van der Waals surface area contributed by atoms with E-state index in [0.29, 0.717) is 11.3 Å². The smallest absolute Gasteiger partial charge is 0.229 e. The second kappa shape index (κ2) is 5.20. The maximum absolute atomic E-state index is 6.00. The van der Waals surface area contributed by atoms with Crippen molar-refractivity contribution >= 4 is 9.04 Å². The molecule has 0 amide bonds. The van der Waals surface area contributed by atoms with Crippen LogP contribution in [0.1, 0.15) is 46.5 Å². The van der Waals surface area contributed by atoms with Crippen molar-refractivity contribution in [2.24, 2.45) is 11.3 Å². The summed E-state index contributed by atoms with van der Waals surface area (Å²) in [6.45, 7) is 11.5. The Morgan fingerprint density at radius 2 is 1.93 bits per heavy atom. The van der Waals surface area contributed by atoms with Crippen LogP contribution < -0.4 is 0 Å². The fourth-order valence-electron chi connectivity index (χ4n) is 2.14. The lowest BCUT2D eigenvalue weighted by molar-refractivity contribution is 0.272. The summed E-state index contributed by atoms with van der Waals surface area (Å²) in [6.07, 6.45) is 7.57. The maximum Gasteiger partial charge on any atom is 0.229 e. The molecule has 15 heavy (non-hydrogen) atoms. The first-order valence-electron chi connectivity index (χ1n) is 6.27. The third kappa shape index (κ3) is 4.41. The molecule has 0 heterocycles. The van der Waals surface area contributed by atoms with Crippen molar-refractivity contribution in [1.29, 1.82) is 0 Å². The molecule has 1 atom stereocenters. The summed E-state index contributed by atoms with van der Waals surface area (Å²) >= 11 is 0. The molecule has 0 saturated heterocycles. The van der Waals surface area contributed by atoms with Gasteiger partial charge in [-0.1, -0.05) is 27.2 Å². The second-order valence-electron chi connectivity index (χ2n) is 6.02. The lowest BCUT2D eigenvalue weighted by Gasteiger charge is -2.28. The lowest BCUT2D eigenvalue weighted by atomic mass is 9.78. The molecule has 1 nitrogen and oxygen atoms in total. The minimum Gasteiger partial charge on any atom is -0.550 e. The first kappa shape index (κ1) is 12.8. The molecular formula is C13H26OSi. The summed E-state index contributed by atoms with van der Waals surface area (Å²) in [7, 11) is -0.913. The van der Waals surface area contributed by atoms with Gasteiger partial charge in [-0.25, -0.2) is 0 Å².